The van der Waals surface area contributed by atoms with Gasteiger partial charge in [-0.3, -0.25) is 9.78 Å². The summed E-state index contributed by atoms with van der Waals surface area (Å²) in [5.74, 6) is 2.00. The lowest BCUT2D eigenvalue weighted by Crippen LogP contribution is -2.38. The first kappa shape index (κ1) is 23.2. The highest BCUT2D eigenvalue weighted by atomic mass is 35.5. The highest BCUT2D eigenvalue weighted by Gasteiger charge is 2.29. The summed E-state index contributed by atoms with van der Waals surface area (Å²) in [7, 11) is 3.37. The fraction of sp³-hybridized carbons (Fsp3) is 0.286. The van der Waals surface area contributed by atoms with Crippen molar-refractivity contribution in [1.29, 1.82) is 0 Å². The maximum Gasteiger partial charge on any atom is 0.256 e. The highest BCUT2D eigenvalue weighted by Crippen LogP contribution is 2.40. The SMILES string of the molecule is COc1cccc(OC)c1C1CCN(C(=O)c2cn(Cc3ccncc3)c3cc(Cl)ccc23)CC1. The molecule has 7 heteroatoms. The van der Waals surface area contributed by atoms with Gasteiger partial charge in [-0.25, -0.2) is 0 Å². The molecular formula is C28H28ClN3O3. The molecule has 0 saturated carbocycles. The summed E-state index contributed by atoms with van der Waals surface area (Å²) < 4.78 is 13.3. The summed E-state index contributed by atoms with van der Waals surface area (Å²) in [6, 6.07) is 15.6. The maximum atomic E-state index is 13.7. The Morgan fingerprint density at radius 3 is 2.37 bits per heavy atom. The molecular weight excluding hydrogens is 462 g/mol. The first-order valence-electron chi connectivity index (χ1n) is 11.8. The quantitative estimate of drug-likeness (QED) is 0.345. The van der Waals surface area contributed by atoms with E-state index in [0.717, 1.165) is 46.4 Å². The molecule has 0 bridgehead atoms. The Bertz CT molecular complexity index is 1320. The first-order valence-corrected chi connectivity index (χ1v) is 12.1. The van der Waals surface area contributed by atoms with Crippen molar-refractivity contribution in [3.8, 4) is 11.5 Å². The molecule has 0 spiro atoms. The lowest BCUT2D eigenvalue weighted by molar-refractivity contribution is 0.0714. The molecule has 4 aromatic rings. The normalized spacial score (nSPS) is 14.3. The molecule has 0 aliphatic carbocycles. The average Bonchev–Trinajstić information content (AvgIpc) is 3.25. The van der Waals surface area contributed by atoms with Crippen molar-refractivity contribution in [3.05, 3.63) is 88.8 Å². The molecule has 5 rings (SSSR count). The average molecular weight is 490 g/mol. The van der Waals surface area contributed by atoms with E-state index >= 15 is 0 Å². The summed E-state index contributed by atoms with van der Waals surface area (Å²) >= 11 is 6.32. The van der Waals surface area contributed by atoms with Crippen molar-refractivity contribution < 1.29 is 14.3 Å². The van der Waals surface area contributed by atoms with Gasteiger partial charge in [-0.1, -0.05) is 23.7 Å². The third-order valence-electron chi connectivity index (χ3n) is 6.83. The molecule has 1 fully saturated rings. The van der Waals surface area contributed by atoms with Crippen LogP contribution in [0.1, 0.15) is 40.2 Å². The van der Waals surface area contributed by atoms with Gasteiger partial charge in [0.15, 0.2) is 0 Å². The standard InChI is InChI=1S/C28H28ClN3O3/c1-34-25-4-3-5-26(35-2)27(25)20-10-14-31(15-11-20)28(33)23-18-32(17-19-8-12-30-13-9-19)24-16-21(29)6-7-22(23)24/h3-9,12-13,16,18,20H,10-11,14-15,17H2,1-2H3. The van der Waals surface area contributed by atoms with Crippen molar-refractivity contribution >= 4 is 28.4 Å². The zero-order valence-electron chi connectivity index (χ0n) is 19.9. The largest absolute Gasteiger partial charge is 0.496 e. The highest BCUT2D eigenvalue weighted by molar-refractivity contribution is 6.31. The number of carbonyl (C=O) groups excluding carboxylic acids is 1. The first-order chi connectivity index (χ1) is 17.1. The summed E-state index contributed by atoms with van der Waals surface area (Å²) in [6.07, 6.45) is 7.22. The lowest BCUT2D eigenvalue weighted by atomic mass is 9.88. The number of fused-ring (bicyclic) bond motifs is 1. The van der Waals surface area contributed by atoms with E-state index in [1.54, 1.807) is 26.6 Å². The number of hydrogen-bond donors (Lipinski definition) is 0. The minimum absolute atomic E-state index is 0.0521. The number of benzene rings is 2. The molecule has 1 aliphatic rings. The van der Waals surface area contributed by atoms with Crippen LogP contribution in [0.4, 0.5) is 0 Å². The number of rotatable bonds is 6. The van der Waals surface area contributed by atoms with Crippen LogP contribution in [0.15, 0.2) is 67.1 Å². The van der Waals surface area contributed by atoms with Gasteiger partial charge in [0.2, 0.25) is 0 Å². The summed E-state index contributed by atoms with van der Waals surface area (Å²) in [5.41, 5.74) is 3.86. The molecule has 3 heterocycles. The smallest absolute Gasteiger partial charge is 0.256 e. The molecule has 6 nitrogen and oxygen atoms in total. The zero-order valence-corrected chi connectivity index (χ0v) is 20.7. The van der Waals surface area contributed by atoms with Crippen LogP contribution in [0.25, 0.3) is 10.9 Å². The molecule has 2 aromatic heterocycles. The Kier molecular flexibility index (Phi) is 6.64. The van der Waals surface area contributed by atoms with E-state index in [0.29, 0.717) is 30.2 Å². The monoisotopic (exact) mass is 489 g/mol. The molecule has 0 radical (unpaired) electrons. The van der Waals surface area contributed by atoms with Crippen LogP contribution in [0.2, 0.25) is 5.02 Å². The van der Waals surface area contributed by atoms with E-state index < -0.39 is 0 Å². The van der Waals surface area contributed by atoms with Crippen LogP contribution < -0.4 is 9.47 Å². The van der Waals surface area contributed by atoms with Gasteiger partial charge in [0.1, 0.15) is 11.5 Å². The van der Waals surface area contributed by atoms with Crippen LogP contribution in [-0.2, 0) is 6.54 Å². The van der Waals surface area contributed by atoms with Gasteiger partial charge in [-0.2, -0.15) is 0 Å². The second-order valence-corrected chi connectivity index (χ2v) is 9.27. The van der Waals surface area contributed by atoms with E-state index in [4.69, 9.17) is 21.1 Å². The number of amides is 1. The van der Waals surface area contributed by atoms with Gasteiger partial charge >= 0.3 is 0 Å². The summed E-state index contributed by atoms with van der Waals surface area (Å²) in [5, 5.41) is 1.57. The minimum atomic E-state index is 0.0521. The second kappa shape index (κ2) is 10.0. The van der Waals surface area contributed by atoms with Crippen LogP contribution in [0.5, 0.6) is 11.5 Å². The van der Waals surface area contributed by atoms with E-state index in [2.05, 4.69) is 9.55 Å². The van der Waals surface area contributed by atoms with Gasteiger partial charge in [0.25, 0.3) is 5.91 Å². The number of pyridine rings is 1. The van der Waals surface area contributed by atoms with Crippen molar-refractivity contribution in [2.24, 2.45) is 0 Å². The van der Waals surface area contributed by atoms with Crippen LogP contribution in [-0.4, -0.2) is 47.7 Å². The third kappa shape index (κ3) is 4.58. The Balaban J connectivity index is 1.39. The van der Waals surface area contributed by atoms with Crippen LogP contribution in [0, 0.1) is 0 Å². The summed E-state index contributed by atoms with van der Waals surface area (Å²) in [6.45, 7) is 1.99. The molecule has 1 aliphatic heterocycles. The lowest BCUT2D eigenvalue weighted by Gasteiger charge is -2.33. The Labute approximate surface area is 210 Å². The number of halogens is 1. The Morgan fingerprint density at radius 2 is 1.71 bits per heavy atom. The molecule has 1 saturated heterocycles. The van der Waals surface area contributed by atoms with Crippen molar-refractivity contribution in [3.63, 3.8) is 0 Å². The number of piperidine rings is 1. The van der Waals surface area contributed by atoms with E-state index in [9.17, 15) is 4.79 Å². The number of methoxy groups -OCH3 is 2. The predicted octanol–water partition coefficient (Wildman–Crippen LogP) is 5.78. The van der Waals surface area contributed by atoms with E-state index in [1.807, 2.05) is 59.6 Å². The van der Waals surface area contributed by atoms with Gasteiger partial charge in [0, 0.05) is 54.2 Å². The molecule has 0 N–H and O–H groups in total. The molecule has 180 valence electrons. The summed E-state index contributed by atoms with van der Waals surface area (Å²) in [4.78, 5) is 19.7. The second-order valence-electron chi connectivity index (χ2n) is 8.83. The number of hydrogen-bond acceptors (Lipinski definition) is 4. The molecule has 35 heavy (non-hydrogen) atoms. The fourth-order valence-corrected chi connectivity index (χ4v) is 5.24. The Morgan fingerprint density at radius 1 is 1.03 bits per heavy atom. The van der Waals surface area contributed by atoms with Gasteiger partial charge < -0.3 is 18.9 Å². The zero-order chi connectivity index (χ0) is 24.4. The molecule has 2 aromatic carbocycles. The molecule has 0 unspecified atom stereocenters. The topological polar surface area (TPSA) is 56.6 Å². The number of nitrogens with zero attached hydrogens (tertiary/aromatic N) is 3. The van der Waals surface area contributed by atoms with E-state index in [-0.39, 0.29) is 11.8 Å². The van der Waals surface area contributed by atoms with Crippen molar-refractivity contribution in [2.75, 3.05) is 27.3 Å². The number of likely N-dealkylation sites (tertiary alicyclic amines) is 1. The van der Waals surface area contributed by atoms with E-state index in [1.165, 1.54) is 0 Å². The number of aromatic nitrogens is 2. The number of carbonyl (C=O) groups is 1. The predicted molar refractivity (Wildman–Crippen MR) is 138 cm³/mol. The Hall–Kier alpha value is -3.51. The van der Waals surface area contributed by atoms with Crippen molar-refractivity contribution in [2.45, 2.75) is 25.3 Å². The number of ether oxygens (including phenoxy) is 2. The molecule has 1 amide bonds. The van der Waals surface area contributed by atoms with Crippen LogP contribution >= 0.6 is 11.6 Å². The van der Waals surface area contributed by atoms with Gasteiger partial charge in [-0.05, 0) is 60.7 Å². The third-order valence-corrected chi connectivity index (χ3v) is 7.07. The molecule has 0 atom stereocenters. The van der Waals surface area contributed by atoms with Gasteiger partial charge in [-0.15, -0.1) is 0 Å². The van der Waals surface area contributed by atoms with Gasteiger partial charge in [0.05, 0.1) is 25.3 Å². The minimum Gasteiger partial charge on any atom is -0.496 e. The fourth-order valence-electron chi connectivity index (χ4n) is 5.08. The van der Waals surface area contributed by atoms with Crippen LogP contribution in [0.3, 0.4) is 0 Å². The maximum absolute atomic E-state index is 13.7. The van der Waals surface area contributed by atoms with Crippen molar-refractivity contribution in [1.82, 2.24) is 14.5 Å².